The molecule has 4 heteroatoms. The van der Waals surface area contributed by atoms with E-state index in [4.69, 9.17) is 27.9 Å². The quantitative estimate of drug-likeness (QED) is 0.882. The largest absolute Gasteiger partial charge is 0.378 e. The molecule has 0 saturated carbocycles. The van der Waals surface area contributed by atoms with Gasteiger partial charge in [-0.1, -0.05) is 29.3 Å². The fourth-order valence-corrected chi connectivity index (χ4v) is 2.45. The molecule has 2 nitrogen and oxygen atoms in total. The van der Waals surface area contributed by atoms with Crippen molar-refractivity contribution in [2.45, 2.75) is 18.9 Å². The Hall–Kier alpha value is -0.280. The van der Waals surface area contributed by atoms with Gasteiger partial charge in [0.1, 0.15) is 0 Å². The standard InChI is InChI=1S/C12H15Cl2NO/c1-12(8-16-5-4-15-12)7-9-2-3-10(13)6-11(9)14/h2-3,6,15H,4-5,7-8H2,1H3. The molecule has 1 saturated heterocycles. The fourth-order valence-electron chi connectivity index (χ4n) is 1.97. The van der Waals surface area contributed by atoms with Crippen LogP contribution in [0.15, 0.2) is 18.2 Å². The number of morpholine rings is 1. The summed E-state index contributed by atoms with van der Waals surface area (Å²) in [6, 6.07) is 5.63. The Morgan fingerprint density at radius 2 is 2.25 bits per heavy atom. The van der Waals surface area contributed by atoms with Gasteiger partial charge in [0, 0.05) is 22.1 Å². The predicted octanol–water partition coefficient (Wildman–Crippen LogP) is 2.91. The van der Waals surface area contributed by atoms with Crippen LogP contribution >= 0.6 is 23.2 Å². The average Bonchev–Trinajstić information content (AvgIpc) is 2.23. The lowest BCUT2D eigenvalue weighted by Crippen LogP contribution is -2.53. The minimum atomic E-state index is -0.0320. The minimum Gasteiger partial charge on any atom is -0.378 e. The zero-order chi connectivity index (χ0) is 11.6. The summed E-state index contributed by atoms with van der Waals surface area (Å²) in [6.07, 6.45) is 0.850. The third kappa shape index (κ3) is 2.89. The Morgan fingerprint density at radius 1 is 1.44 bits per heavy atom. The minimum absolute atomic E-state index is 0.0320. The maximum absolute atomic E-state index is 6.16. The second-order valence-corrected chi connectivity index (χ2v) is 5.30. The van der Waals surface area contributed by atoms with Gasteiger partial charge >= 0.3 is 0 Å². The van der Waals surface area contributed by atoms with Crippen LogP contribution in [0, 0.1) is 0 Å². The number of hydrogen-bond acceptors (Lipinski definition) is 2. The third-order valence-electron chi connectivity index (χ3n) is 2.81. The highest BCUT2D eigenvalue weighted by Crippen LogP contribution is 2.25. The number of ether oxygens (including phenoxy) is 1. The van der Waals surface area contributed by atoms with E-state index in [1.54, 1.807) is 6.07 Å². The Kier molecular flexibility index (Phi) is 3.75. The van der Waals surface area contributed by atoms with Gasteiger partial charge in [-0.3, -0.25) is 0 Å². The number of hydrogen-bond donors (Lipinski definition) is 1. The molecule has 1 fully saturated rings. The lowest BCUT2D eigenvalue weighted by atomic mass is 9.93. The Morgan fingerprint density at radius 3 is 2.88 bits per heavy atom. The topological polar surface area (TPSA) is 21.3 Å². The van der Waals surface area contributed by atoms with Crippen LogP contribution in [0.2, 0.25) is 10.0 Å². The molecule has 1 aliphatic rings. The molecule has 1 unspecified atom stereocenters. The van der Waals surface area contributed by atoms with Crippen LogP contribution in [-0.2, 0) is 11.2 Å². The number of nitrogens with one attached hydrogen (secondary N) is 1. The van der Waals surface area contributed by atoms with Gasteiger partial charge in [-0.25, -0.2) is 0 Å². The van der Waals surface area contributed by atoms with Crippen LogP contribution in [0.5, 0.6) is 0 Å². The van der Waals surface area contributed by atoms with Crippen LogP contribution in [0.25, 0.3) is 0 Å². The van der Waals surface area contributed by atoms with Gasteiger partial charge in [0.25, 0.3) is 0 Å². The van der Waals surface area contributed by atoms with Crippen molar-refractivity contribution in [2.24, 2.45) is 0 Å². The van der Waals surface area contributed by atoms with Crippen molar-refractivity contribution < 1.29 is 4.74 Å². The molecular weight excluding hydrogens is 245 g/mol. The molecule has 1 aliphatic heterocycles. The second-order valence-electron chi connectivity index (χ2n) is 4.45. The molecular formula is C12H15Cl2NO. The lowest BCUT2D eigenvalue weighted by molar-refractivity contribution is 0.0356. The van der Waals surface area contributed by atoms with Crippen molar-refractivity contribution >= 4 is 23.2 Å². The smallest absolute Gasteiger partial charge is 0.0649 e. The maximum Gasteiger partial charge on any atom is 0.0649 e. The Bertz CT molecular complexity index is 375. The summed E-state index contributed by atoms with van der Waals surface area (Å²) in [6.45, 7) is 4.54. The summed E-state index contributed by atoms with van der Waals surface area (Å²) in [7, 11) is 0. The highest BCUT2D eigenvalue weighted by atomic mass is 35.5. The Labute approximate surface area is 106 Å². The normalized spacial score (nSPS) is 25.7. The van der Waals surface area contributed by atoms with Crippen molar-refractivity contribution in [1.82, 2.24) is 5.32 Å². The van der Waals surface area contributed by atoms with E-state index in [1.165, 1.54) is 0 Å². The molecule has 0 aliphatic carbocycles. The van der Waals surface area contributed by atoms with Gasteiger partial charge in [-0.2, -0.15) is 0 Å². The highest BCUT2D eigenvalue weighted by molar-refractivity contribution is 6.35. The average molecular weight is 260 g/mol. The molecule has 0 bridgehead atoms. The van der Waals surface area contributed by atoms with E-state index in [9.17, 15) is 0 Å². The molecule has 1 N–H and O–H groups in total. The molecule has 1 aromatic carbocycles. The summed E-state index contributed by atoms with van der Waals surface area (Å²) in [5.41, 5.74) is 1.07. The zero-order valence-corrected chi connectivity index (χ0v) is 10.7. The first-order chi connectivity index (χ1) is 7.59. The summed E-state index contributed by atoms with van der Waals surface area (Å²) in [4.78, 5) is 0. The molecule has 88 valence electrons. The predicted molar refractivity (Wildman–Crippen MR) is 67.4 cm³/mol. The van der Waals surface area contributed by atoms with E-state index < -0.39 is 0 Å². The van der Waals surface area contributed by atoms with Crippen LogP contribution < -0.4 is 5.32 Å². The van der Waals surface area contributed by atoms with E-state index in [2.05, 4.69) is 12.2 Å². The summed E-state index contributed by atoms with van der Waals surface area (Å²) in [5, 5.41) is 4.87. The molecule has 2 rings (SSSR count). The Balaban J connectivity index is 2.13. The first-order valence-electron chi connectivity index (χ1n) is 5.36. The van der Waals surface area contributed by atoms with Crippen molar-refractivity contribution in [3.63, 3.8) is 0 Å². The van der Waals surface area contributed by atoms with Crippen molar-refractivity contribution in [1.29, 1.82) is 0 Å². The van der Waals surface area contributed by atoms with Crippen LogP contribution in [0.1, 0.15) is 12.5 Å². The van der Waals surface area contributed by atoms with E-state index in [-0.39, 0.29) is 5.54 Å². The van der Waals surface area contributed by atoms with E-state index in [0.717, 1.165) is 30.2 Å². The molecule has 0 spiro atoms. The van der Waals surface area contributed by atoms with E-state index >= 15 is 0 Å². The van der Waals surface area contributed by atoms with Crippen molar-refractivity contribution in [3.05, 3.63) is 33.8 Å². The maximum atomic E-state index is 6.16. The number of rotatable bonds is 2. The molecule has 1 heterocycles. The van der Waals surface area contributed by atoms with E-state index in [1.807, 2.05) is 12.1 Å². The van der Waals surface area contributed by atoms with Crippen LogP contribution in [0.4, 0.5) is 0 Å². The number of halogens is 2. The molecule has 1 aromatic rings. The second kappa shape index (κ2) is 4.92. The molecule has 0 aromatic heterocycles. The highest BCUT2D eigenvalue weighted by Gasteiger charge is 2.27. The van der Waals surface area contributed by atoms with E-state index in [0.29, 0.717) is 11.6 Å². The summed E-state index contributed by atoms with van der Waals surface area (Å²) in [5.74, 6) is 0. The molecule has 1 atom stereocenters. The zero-order valence-electron chi connectivity index (χ0n) is 9.22. The van der Waals surface area contributed by atoms with Gasteiger partial charge in [0.2, 0.25) is 0 Å². The molecule has 0 radical (unpaired) electrons. The SMILES string of the molecule is CC1(Cc2ccc(Cl)cc2Cl)COCCN1. The van der Waals surface area contributed by atoms with Crippen molar-refractivity contribution in [3.8, 4) is 0 Å². The fraction of sp³-hybridized carbons (Fsp3) is 0.500. The van der Waals surface area contributed by atoms with Gasteiger partial charge < -0.3 is 10.1 Å². The lowest BCUT2D eigenvalue weighted by Gasteiger charge is -2.35. The van der Waals surface area contributed by atoms with Gasteiger partial charge in [-0.15, -0.1) is 0 Å². The monoisotopic (exact) mass is 259 g/mol. The van der Waals surface area contributed by atoms with Crippen molar-refractivity contribution in [2.75, 3.05) is 19.8 Å². The van der Waals surface area contributed by atoms with Gasteiger partial charge in [0.15, 0.2) is 0 Å². The first-order valence-corrected chi connectivity index (χ1v) is 6.11. The van der Waals surface area contributed by atoms with Gasteiger partial charge in [0.05, 0.1) is 13.2 Å². The molecule has 0 amide bonds. The summed E-state index contributed by atoms with van der Waals surface area (Å²) < 4.78 is 5.49. The van der Waals surface area contributed by atoms with Crippen LogP contribution in [0.3, 0.4) is 0 Å². The number of benzene rings is 1. The molecule has 16 heavy (non-hydrogen) atoms. The summed E-state index contributed by atoms with van der Waals surface area (Å²) >= 11 is 12.0. The van der Waals surface area contributed by atoms with Gasteiger partial charge in [-0.05, 0) is 31.0 Å². The third-order valence-corrected chi connectivity index (χ3v) is 3.40. The first kappa shape index (κ1) is 12.2. The van der Waals surface area contributed by atoms with Crippen LogP contribution in [-0.4, -0.2) is 25.3 Å².